The molecular formula is C13H16N6O3. The molecule has 1 N–H and O–H groups in total. The molecule has 0 unspecified atom stereocenters. The minimum absolute atomic E-state index is 0.222. The molecule has 116 valence electrons. The molecule has 2 aromatic rings. The molecule has 2 aromatic heterocycles. The Hall–Kier alpha value is -2.71. The van der Waals surface area contributed by atoms with Gasteiger partial charge in [-0.3, -0.25) is 9.69 Å². The molecule has 0 aromatic carbocycles. The topological polar surface area (TPSA) is 106 Å². The third-order valence-electron chi connectivity index (χ3n) is 3.38. The summed E-state index contributed by atoms with van der Waals surface area (Å²) in [6, 6.07) is 3.13. The Balaban J connectivity index is 1.56. The molecule has 9 heteroatoms. The summed E-state index contributed by atoms with van der Waals surface area (Å²) in [7, 11) is 0. The number of nitrogens with one attached hydrogen (secondary N) is 1. The van der Waals surface area contributed by atoms with E-state index >= 15 is 0 Å². The fourth-order valence-electron chi connectivity index (χ4n) is 2.23. The van der Waals surface area contributed by atoms with E-state index in [0.717, 1.165) is 0 Å². The highest BCUT2D eigenvalue weighted by Gasteiger charge is 2.43. The number of amides is 3. The molecule has 0 saturated carbocycles. The van der Waals surface area contributed by atoms with Gasteiger partial charge in [0, 0.05) is 6.54 Å². The van der Waals surface area contributed by atoms with Crippen molar-refractivity contribution in [3.8, 4) is 11.6 Å². The van der Waals surface area contributed by atoms with E-state index < -0.39 is 5.54 Å². The molecule has 1 fully saturated rings. The van der Waals surface area contributed by atoms with Crippen molar-refractivity contribution >= 4 is 11.9 Å². The molecule has 0 bridgehead atoms. The zero-order valence-corrected chi connectivity index (χ0v) is 12.3. The number of rotatable bonds is 5. The van der Waals surface area contributed by atoms with Crippen LogP contribution in [0.25, 0.3) is 11.6 Å². The Morgan fingerprint density at radius 2 is 2.14 bits per heavy atom. The van der Waals surface area contributed by atoms with E-state index in [2.05, 4.69) is 20.7 Å². The number of urea groups is 1. The maximum absolute atomic E-state index is 12.0. The number of tetrazole rings is 1. The Morgan fingerprint density at radius 1 is 1.32 bits per heavy atom. The van der Waals surface area contributed by atoms with Gasteiger partial charge in [0.25, 0.3) is 5.91 Å². The van der Waals surface area contributed by atoms with Gasteiger partial charge >= 0.3 is 6.03 Å². The van der Waals surface area contributed by atoms with Crippen LogP contribution in [0.15, 0.2) is 22.8 Å². The van der Waals surface area contributed by atoms with Crippen LogP contribution in [0.3, 0.4) is 0 Å². The maximum atomic E-state index is 12.0. The largest absolute Gasteiger partial charge is 0.461 e. The highest BCUT2D eigenvalue weighted by molar-refractivity contribution is 6.06. The molecule has 3 amide bonds. The monoisotopic (exact) mass is 304 g/mol. The third-order valence-corrected chi connectivity index (χ3v) is 3.38. The quantitative estimate of drug-likeness (QED) is 0.813. The van der Waals surface area contributed by atoms with Crippen LogP contribution in [0.5, 0.6) is 0 Å². The molecule has 3 heterocycles. The van der Waals surface area contributed by atoms with Gasteiger partial charge in [-0.1, -0.05) is 0 Å². The average Bonchev–Trinajstić information content (AvgIpc) is 3.15. The van der Waals surface area contributed by atoms with Crippen molar-refractivity contribution in [2.24, 2.45) is 0 Å². The normalized spacial score (nSPS) is 17.1. The number of aromatic nitrogens is 4. The van der Waals surface area contributed by atoms with Crippen LogP contribution in [0.4, 0.5) is 4.79 Å². The van der Waals surface area contributed by atoms with Gasteiger partial charge in [0.05, 0.1) is 12.8 Å². The smallest absolute Gasteiger partial charge is 0.325 e. The van der Waals surface area contributed by atoms with Gasteiger partial charge in [-0.2, -0.15) is 4.80 Å². The molecular weight excluding hydrogens is 288 g/mol. The fourth-order valence-corrected chi connectivity index (χ4v) is 2.23. The molecule has 1 aliphatic heterocycles. The summed E-state index contributed by atoms with van der Waals surface area (Å²) in [5.74, 6) is 0.726. The second kappa shape index (κ2) is 5.24. The van der Waals surface area contributed by atoms with Crippen LogP contribution in [0.2, 0.25) is 0 Å². The number of furan rings is 1. The molecule has 22 heavy (non-hydrogen) atoms. The fraction of sp³-hybridized carbons (Fsp3) is 0.462. The van der Waals surface area contributed by atoms with Crippen LogP contribution in [-0.2, 0) is 11.3 Å². The highest BCUT2D eigenvalue weighted by atomic mass is 16.3. The minimum Gasteiger partial charge on any atom is -0.461 e. The summed E-state index contributed by atoms with van der Waals surface area (Å²) in [6.45, 7) is 4.13. The number of imide groups is 1. The van der Waals surface area contributed by atoms with Gasteiger partial charge in [0.15, 0.2) is 5.76 Å². The number of hydrogen-bond donors (Lipinski definition) is 1. The second-order valence-corrected chi connectivity index (χ2v) is 5.55. The third kappa shape index (κ3) is 2.57. The predicted octanol–water partition coefficient (Wildman–Crippen LogP) is 0.654. The first-order valence-corrected chi connectivity index (χ1v) is 6.93. The SMILES string of the molecule is CC1(C)NC(=O)N(CCCn2nnc(-c3ccco3)n2)C1=O. The van der Waals surface area contributed by atoms with Crippen molar-refractivity contribution < 1.29 is 14.0 Å². The Labute approximate surface area is 126 Å². The first-order valence-electron chi connectivity index (χ1n) is 6.93. The summed E-state index contributed by atoms with van der Waals surface area (Å²) in [5.41, 5.74) is -0.838. The van der Waals surface area contributed by atoms with E-state index in [9.17, 15) is 9.59 Å². The molecule has 1 aliphatic rings. The van der Waals surface area contributed by atoms with Crippen molar-refractivity contribution in [1.82, 2.24) is 30.4 Å². The van der Waals surface area contributed by atoms with Crippen molar-refractivity contribution in [2.45, 2.75) is 32.4 Å². The highest BCUT2D eigenvalue weighted by Crippen LogP contribution is 2.17. The van der Waals surface area contributed by atoms with Crippen molar-refractivity contribution in [3.63, 3.8) is 0 Å². The number of nitrogens with zero attached hydrogens (tertiary/aromatic N) is 5. The summed E-state index contributed by atoms with van der Waals surface area (Å²) >= 11 is 0. The maximum Gasteiger partial charge on any atom is 0.325 e. The van der Waals surface area contributed by atoms with E-state index in [0.29, 0.717) is 31.1 Å². The summed E-state index contributed by atoms with van der Waals surface area (Å²) in [6.07, 6.45) is 2.08. The number of carbonyl (C=O) groups is 2. The van der Waals surface area contributed by atoms with Gasteiger partial charge < -0.3 is 9.73 Å². The van der Waals surface area contributed by atoms with Crippen molar-refractivity contribution in [1.29, 1.82) is 0 Å². The van der Waals surface area contributed by atoms with Crippen LogP contribution < -0.4 is 5.32 Å². The van der Waals surface area contributed by atoms with E-state index in [1.807, 2.05) is 0 Å². The Morgan fingerprint density at radius 3 is 2.77 bits per heavy atom. The lowest BCUT2D eigenvalue weighted by atomic mass is 10.1. The Kier molecular flexibility index (Phi) is 3.39. The predicted molar refractivity (Wildman–Crippen MR) is 74.5 cm³/mol. The average molecular weight is 304 g/mol. The molecule has 1 saturated heterocycles. The molecule has 0 aliphatic carbocycles. The van der Waals surface area contributed by atoms with Crippen molar-refractivity contribution in [2.75, 3.05) is 6.54 Å². The first-order chi connectivity index (χ1) is 10.5. The lowest BCUT2D eigenvalue weighted by Crippen LogP contribution is -2.40. The zero-order chi connectivity index (χ0) is 15.7. The minimum atomic E-state index is -0.838. The van der Waals surface area contributed by atoms with Crippen LogP contribution in [0, 0.1) is 0 Å². The van der Waals surface area contributed by atoms with E-state index in [4.69, 9.17) is 4.42 Å². The van der Waals surface area contributed by atoms with Gasteiger partial charge in [0.2, 0.25) is 5.82 Å². The molecule has 9 nitrogen and oxygen atoms in total. The lowest BCUT2D eigenvalue weighted by Gasteiger charge is -2.15. The van der Waals surface area contributed by atoms with Gasteiger partial charge in [-0.15, -0.1) is 10.2 Å². The van der Waals surface area contributed by atoms with E-state index in [-0.39, 0.29) is 11.9 Å². The molecule has 3 rings (SSSR count). The van der Waals surface area contributed by atoms with Crippen LogP contribution in [0.1, 0.15) is 20.3 Å². The molecule has 0 radical (unpaired) electrons. The van der Waals surface area contributed by atoms with Gasteiger partial charge in [-0.05, 0) is 37.6 Å². The van der Waals surface area contributed by atoms with Gasteiger partial charge in [-0.25, -0.2) is 4.79 Å². The molecule has 0 spiro atoms. The Bertz CT molecular complexity index is 690. The van der Waals surface area contributed by atoms with Gasteiger partial charge in [0.1, 0.15) is 5.54 Å². The summed E-state index contributed by atoms with van der Waals surface area (Å²) in [5, 5.41) is 14.6. The lowest BCUT2D eigenvalue weighted by molar-refractivity contribution is -0.130. The van der Waals surface area contributed by atoms with Crippen LogP contribution >= 0.6 is 0 Å². The van der Waals surface area contributed by atoms with Crippen LogP contribution in [-0.4, -0.2) is 49.1 Å². The zero-order valence-electron chi connectivity index (χ0n) is 12.3. The first kappa shape index (κ1) is 14.2. The number of hydrogen-bond acceptors (Lipinski definition) is 6. The standard InChI is InChI=1S/C13H16N6O3/c1-13(2)11(20)18(12(21)14-13)6-4-7-19-16-10(15-17-19)9-5-3-8-22-9/h3,5,8H,4,6-7H2,1-2H3,(H,14,21). The number of aryl methyl sites for hydroxylation is 1. The summed E-state index contributed by atoms with van der Waals surface area (Å²) in [4.78, 5) is 26.4. The summed E-state index contributed by atoms with van der Waals surface area (Å²) < 4.78 is 5.19. The van der Waals surface area contributed by atoms with Crippen molar-refractivity contribution in [3.05, 3.63) is 18.4 Å². The number of carbonyl (C=O) groups excluding carboxylic acids is 2. The molecule has 0 atom stereocenters. The van der Waals surface area contributed by atoms with E-state index in [1.165, 1.54) is 16.0 Å². The van der Waals surface area contributed by atoms with E-state index in [1.54, 1.807) is 26.0 Å². The second-order valence-electron chi connectivity index (χ2n) is 5.55.